The van der Waals surface area contributed by atoms with Crippen LogP contribution in [0.25, 0.3) is 44.2 Å². The van der Waals surface area contributed by atoms with Gasteiger partial charge in [-0.05, 0) is 97.3 Å². The lowest BCUT2D eigenvalue weighted by molar-refractivity contribution is 0.591. The van der Waals surface area contributed by atoms with E-state index < -0.39 is 0 Å². The molecule has 0 amide bonds. The van der Waals surface area contributed by atoms with E-state index in [1.807, 2.05) is 0 Å². The van der Waals surface area contributed by atoms with E-state index in [4.69, 9.17) is 0 Å². The minimum atomic E-state index is 0.0709. The highest BCUT2D eigenvalue weighted by Crippen LogP contribution is 2.42. The SMILES string of the molecule is Cc1cc(C)cc(-n2c3ccccc3c3c2c2ccc(C(C)(C)C)cc2n3-c2cc(C)cc(C)c2)c1. The molecule has 0 N–H and O–H groups in total. The van der Waals surface area contributed by atoms with Crippen LogP contribution in [0.3, 0.4) is 0 Å². The van der Waals surface area contributed by atoms with E-state index in [0.29, 0.717) is 0 Å². The predicted molar refractivity (Wildman–Crippen MR) is 155 cm³/mol. The Hall–Kier alpha value is -3.78. The molecule has 0 saturated carbocycles. The van der Waals surface area contributed by atoms with Gasteiger partial charge in [0.1, 0.15) is 0 Å². The van der Waals surface area contributed by atoms with Gasteiger partial charge < -0.3 is 9.13 Å². The fourth-order valence-electron chi connectivity index (χ4n) is 5.90. The van der Waals surface area contributed by atoms with Crippen LogP contribution < -0.4 is 0 Å². The molecule has 4 aromatic carbocycles. The molecule has 0 atom stereocenters. The summed E-state index contributed by atoms with van der Waals surface area (Å²) < 4.78 is 4.98. The van der Waals surface area contributed by atoms with Gasteiger partial charge in [0, 0.05) is 22.1 Å². The van der Waals surface area contributed by atoms with Crippen LogP contribution >= 0.6 is 0 Å². The molecule has 0 fully saturated rings. The second-order valence-corrected chi connectivity index (χ2v) is 11.6. The molecule has 0 spiro atoms. The Bertz CT molecular complexity index is 1760. The van der Waals surface area contributed by atoms with Gasteiger partial charge in [-0.3, -0.25) is 0 Å². The van der Waals surface area contributed by atoms with Gasteiger partial charge in [0.15, 0.2) is 0 Å². The Kier molecular flexibility index (Phi) is 4.95. The third-order valence-corrected chi connectivity index (χ3v) is 7.36. The average Bonchev–Trinajstić information content (AvgIpc) is 3.29. The molecule has 0 saturated heterocycles. The average molecular weight is 471 g/mol. The maximum atomic E-state index is 2.50. The zero-order chi connectivity index (χ0) is 25.4. The molecule has 2 nitrogen and oxygen atoms in total. The van der Waals surface area contributed by atoms with Crippen LogP contribution in [0.2, 0.25) is 0 Å². The number of nitrogens with zero attached hydrogens (tertiary/aromatic N) is 2. The first-order valence-corrected chi connectivity index (χ1v) is 12.9. The van der Waals surface area contributed by atoms with Crippen LogP contribution in [0.4, 0.5) is 0 Å². The van der Waals surface area contributed by atoms with Gasteiger partial charge in [0.25, 0.3) is 0 Å². The number of para-hydroxylation sites is 1. The minimum Gasteiger partial charge on any atom is -0.307 e. The van der Waals surface area contributed by atoms with Crippen LogP contribution in [-0.4, -0.2) is 9.13 Å². The summed E-state index contributed by atoms with van der Waals surface area (Å²) in [7, 11) is 0. The van der Waals surface area contributed by atoms with Crippen LogP contribution in [0.15, 0.2) is 78.9 Å². The summed E-state index contributed by atoms with van der Waals surface area (Å²) in [6.45, 7) is 15.6. The summed E-state index contributed by atoms with van der Waals surface area (Å²) in [5.41, 5.74) is 14.0. The maximum Gasteiger partial charge on any atom is 0.0803 e. The summed E-state index contributed by atoms with van der Waals surface area (Å²) in [4.78, 5) is 0. The first-order chi connectivity index (χ1) is 17.1. The third kappa shape index (κ3) is 3.47. The van der Waals surface area contributed by atoms with Crippen molar-refractivity contribution in [3.05, 3.63) is 107 Å². The Morgan fingerprint density at radius 1 is 0.500 bits per heavy atom. The Morgan fingerprint density at radius 3 is 1.50 bits per heavy atom. The summed E-state index contributed by atoms with van der Waals surface area (Å²) >= 11 is 0. The van der Waals surface area contributed by atoms with Crippen molar-refractivity contribution in [3.63, 3.8) is 0 Å². The molecule has 2 heterocycles. The van der Waals surface area contributed by atoms with Crippen molar-refractivity contribution < 1.29 is 0 Å². The van der Waals surface area contributed by atoms with Crippen molar-refractivity contribution in [2.45, 2.75) is 53.9 Å². The van der Waals surface area contributed by atoms with Gasteiger partial charge in [0.05, 0.1) is 22.1 Å². The number of aryl methyl sites for hydroxylation is 4. The van der Waals surface area contributed by atoms with Gasteiger partial charge in [0.2, 0.25) is 0 Å². The van der Waals surface area contributed by atoms with E-state index in [1.54, 1.807) is 0 Å². The summed E-state index contributed by atoms with van der Waals surface area (Å²) in [5, 5.41) is 2.56. The van der Waals surface area contributed by atoms with E-state index in [2.05, 4.69) is 136 Å². The third-order valence-electron chi connectivity index (χ3n) is 7.36. The standard InChI is InChI=1S/C34H34N2/c1-21-14-22(2)17-26(16-21)35-30-11-9-8-10-28(30)32-33(35)29-13-12-25(34(5,6)7)20-31(29)36(32)27-18-23(3)15-24(4)19-27/h8-20H,1-7H3. The van der Waals surface area contributed by atoms with Gasteiger partial charge in [-0.2, -0.15) is 0 Å². The van der Waals surface area contributed by atoms with Crippen molar-refractivity contribution in [2.75, 3.05) is 0 Å². The van der Waals surface area contributed by atoms with Crippen molar-refractivity contribution in [1.82, 2.24) is 9.13 Å². The van der Waals surface area contributed by atoms with Crippen molar-refractivity contribution in [3.8, 4) is 11.4 Å². The fraction of sp³-hybridized carbons (Fsp3) is 0.235. The van der Waals surface area contributed by atoms with Gasteiger partial charge >= 0.3 is 0 Å². The molecule has 2 heteroatoms. The van der Waals surface area contributed by atoms with E-state index >= 15 is 0 Å². The van der Waals surface area contributed by atoms with E-state index in [9.17, 15) is 0 Å². The topological polar surface area (TPSA) is 9.86 Å². The molecular weight excluding hydrogens is 436 g/mol. The molecule has 6 aromatic rings. The summed E-state index contributed by atoms with van der Waals surface area (Å²) in [5.74, 6) is 0. The number of hydrogen-bond acceptors (Lipinski definition) is 0. The highest BCUT2D eigenvalue weighted by molar-refractivity contribution is 6.20. The number of rotatable bonds is 2. The smallest absolute Gasteiger partial charge is 0.0803 e. The van der Waals surface area contributed by atoms with Crippen LogP contribution in [0, 0.1) is 27.7 Å². The lowest BCUT2D eigenvalue weighted by Gasteiger charge is -2.20. The first kappa shape index (κ1) is 22.7. The van der Waals surface area contributed by atoms with Gasteiger partial charge in [-0.15, -0.1) is 0 Å². The highest BCUT2D eigenvalue weighted by Gasteiger charge is 2.24. The Labute approximate surface area is 213 Å². The minimum absolute atomic E-state index is 0.0709. The second-order valence-electron chi connectivity index (χ2n) is 11.6. The summed E-state index contributed by atoms with van der Waals surface area (Å²) in [6.07, 6.45) is 0. The molecule has 0 unspecified atom stereocenters. The largest absolute Gasteiger partial charge is 0.307 e. The zero-order valence-corrected chi connectivity index (χ0v) is 22.4. The summed E-state index contributed by atoms with van der Waals surface area (Å²) in [6, 6.07) is 29.7. The second kappa shape index (κ2) is 7.86. The molecule has 0 radical (unpaired) electrons. The molecule has 0 bridgehead atoms. The maximum absolute atomic E-state index is 2.50. The normalized spacial score (nSPS) is 12.3. The highest BCUT2D eigenvalue weighted by atomic mass is 15.1. The molecule has 0 aliphatic rings. The van der Waals surface area contributed by atoms with Gasteiger partial charge in [-0.25, -0.2) is 0 Å². The molecule has 0 aliphatic carbocycles. The number of fused-ring (bicyclic) bond motifs is 5. The monoisotopic (exact) mass is 470 g/mol. The molecule has 0 aliphatic heterocycles. The van der Waals surface area contributed by atoms with Crippen LogP contribution in [0.1, 0.15) is 48.6 Å². The van der Waals surface area contributed by atoms with Crippen molar-refractivity contribution >= 4 is 32.8 Å². The van der Waals surface area contributed by atoms with Crippen LogP contribution in [0.5, 0.6) is 0 Å². The Morgan fingerprint density at radius 2 is 0.972 bits per heavy atom. The molecular formula is C34H34N2. The molecule has 2 aromatic heterocycles. The number of aromatic nitrogens is 2. The van der Waals surface area contributed by atoms with E-state index in [-0.39, 0.29) is 5.41 Å². The van der Waals surface area contributed by atoms with Gasteiger partial charge in [-0.1, -0.05) is 63.2 Å². The van der Waals surface area contributed by atoms with Crippen molar-refractivity contribution in [1.29, 1.82) is 0 Å². The van der Waals surface area contributed by atoms with E-state index in [0.717, 1.165) is 0 Å². The molecule has 6 rings (SSSR count). The number of benzene rings is 4. The number of hydrogen-bond donors (Lipinski definition) is 0. The first-order valence-electron chi connectivity index (χ1n) is 12.9. The lowest BCUT2D eigenvalue weighted by Crippen LogP contribution is -2.11. The lowest BCUT2D eigenvalue weighted by atomic mass is 9.86. The van der Waals surface area contributed by atoms with Crippen molar-refractivity contribution in [2.24, 2.45) is 0 Å². The quantitative estimate of drug-likeness (QED) is 0.239. The Balaban J connectivity index is 1.87. The molecule has 36 heavy (non-hydrogen) atoms. The predicted octanol–water partition coefficient (Wildman–Crippen LogP) is 9.26. The zero-order valence-electron chi connectivity index (χ0n) is 22.4. The molecule has 180 valence electrons. The van der Waals surface area contributed by atoms with E-state index in [1.165, 1.54) is 72.0 Å². The van der Waals surface area contributed by atoms with Crippen LogP contribution in [-0.2, 0) is 5.41 Å². The fourth-order valence-corrected chi connectivity index (χ4v) is 5.90.